The number of hydrogen-bond acceptors (Lipinski definition) is 6. The number of hydrazone groups is 1. The summed E-state index contributed by atoms with van der Waals surface area (Å²) in [6.45, 7) is 2.64. The summed E-state index contributed by atoms with van der Waals surface area (Å²) in [5.74, 6) is 2.39. The zero-order chi connectivity index (χ0) is 20.5. The summed E-state index contributed by atoms with van der Waals surface area (Å²) in [5.41, 5.74) is 4.21. The van der Waals surface area contributed by atoms with Gasteiger partial charge in [0.25, 0.3) is 0 Å². The van der Waals surface area contributed by atoms with Gasteiger partial charge >= 0.3 is 0 Å². The Morgan fingerprint density at radius 1 is 1.07 bits per heavy atom. The Hall–Kier alpha value is -3.54. The molecule has 2 aliphatic rings. The molecule has 0 N–H and O–H groups in total. The van der Waals surface area contributed by atoms with Crippen LogP contribution < -0.4 is 14.2 Å². The van der Waals surface area contributed by atoms with Gasteiger partial charge in [-0.25, -0.2) is 5.01 Å². The Balaban J connectivity index is 1.55. The lowest BCUT2D eigenvalue weighted by molar-refractivity contribution is -0.0209. The molecule has 0 radical (unpaired) electrons. The predicted octanol–water partition coefficient (Wildman–Crippen LogP) is 4.73. The van der Waals surface area contributed by atoms with Gasteiger partial charge in [-0.1, -0.05) is 12.1 Å². The minimum atomic E-state index is -0.345. The maximum Gasteiger partial charge on any atom is 0.214 e. The van der Waals surface area contributed by atoms with E-state index in [1.54, 1.807) is 19.5 Å². The number of benzene rings is 2. The van der Waals surface area contributed by atoms with E-state index in [1.807, 2.05) is 43.3 Å². The lowest BCUT2D eigenvalue weighted by Gasteiger charge is -2.38. The van der Waals surface area contributed by atoms with Gasteiger partial charge in [0.2, 0.25) is 6.23 Å². The second kappa shape index (κ2) is 7.71. The highest BCUT2D eigenvalue weighted by Gasteiger charge is 2.42. The van der Waals surface area contributed by atoms with Crippen LogP contribution >= 0.6 is 0 Å². The van der Waals surface area contributed by atoms with Gasteiger partial charge < -0.3 is 14.2 Å². The van der Waals surface area contributed by atoms with Crippen LogP contribution in [0.1, 0.15) is 42.3 Å². The molecule has 2 aromatic carbocycles. The summed E-state index contributed by atoms with van der Waals surface area (Å²) in [6, 6.07) is 18.1. The zero-order valence-corrected chi connectivity index (χ0v) is 17.0. The molecule has 6 heteroatoms. The molecule has 0 unspecified atom stereocenters. The first-order chi connectivity index (χ1) is 14.8. The number of aromatic nitrogens is 1. The lowest BCUT2D eigenvalue weighted by Crippen LogP contribution is -2.33. The monoisotopic (exact) mass is 401 g/mol. The molecule has 3 heterocycles. The van der Waals surface area contributed by atoms with Crippen molar-refractivity contribution >= 4 is 5.71 Å². The maximum atomic E-state index is 6.44. The first-order valence-corrected chi connectivity index (χ1v) is 10.1. The normalized spacial score (nSPS) is 19.4. The molecule has 3 aromatic rings. The van der Waals surface area contributed by atoms with E-state index in [0.717, 1.165) is 46.1 Å². The summed E-state index contributed by atoms with van der Waals surface area (Å²) in [4.78, 5) is 4.14. The van der Waals surface area contributed by atoms with Gasteiger partial charge in [0, 0.05) is 29.9 Å². The van der Waals surface area contributed by atoms with Crippen LogP contribution in [-0.2, 0) is 0 Å². The van der Waals surface area contributed by atoms with Crippen molar-refractivity contribution in [2.75, 3.05) is 13.7 Å². The van der Waals surface area contributed by atoms with Crippen molar-refractivity contribution in [2.24, 2.45) is 5.10 Å². The molecule has 30 heavy (non-hydrogen) atoms. The summed E-state index contributed by atoms with van der Waals surface area (Å²) in [7, 11) is 1.67. The second-order valence-corrected chi connectivity index (χ2v) is 7.23. The van der Waals surface area contributed by atoms with Gasteiger partial charge in [-0.15, -0.1) is 0 Å². The third-order valence-electron chi connectivity index (χ3n) is 5.49. The molecule has 1 aromatic heterocycles. The number of rotatable bonds is 5. The number of hydrogen-bond donors (Lipinski definition) is 0. The van der Waals surface area contributed by atoms with E-state index in [0.29, 0.717) is 6.61 Å². The number of ether oxygens (including phenoxy) is 3. The van der Waals surface area contributed by atoms with Gasteiger partial charge in [-0.05, 0) is 55.0 Å². The molecule has 0 aliphatic carbocycles. The Bertz CT molecular complexity index is 1070. The summed E-state index contributed by atoms with van der Waals surface area (Å²) >= 11 is 0. The maximum absolute atomic E-state index is 6.44. The number of methoxy groups -OCH3 is 1. The van der Waals surface area contributed by atoms with Gasteiger partial charge in [-0.3, -0.25) is 4.98 Å². The molecule has 2 atom stereocenters. The summed E-state index contributed by atoms with van der Waals surface area (Å²) < 4.78 is 17.6. The minimum Gasteiger partial charge on any atom is -0.494 e. The molecule has 0 bridgehead atoms. The third-order valence-corrected chi connectivity index (χ3v) is 5.49. The van der Waals surface area contributed by atoms with E-state index in [4.69, 9.17) is 19.3 Å². The van der Waals surface area contributed by atoms with Crippen LogP contribution in [0.15, 0.2) is 72.1 Å². The molecule has 0 fully saturated rings. The molecule has 5 rings (SSSR count). The molecular formula is C24H23N3O3. The van der Waals surface area contributed by atoms with Crippen LogP contribution in [0, 0.1) is 0 Å². The Morgan fingerprint density at radius 2 is 1.87 bits per heavy atom. The van der Waals surface area contributed by atoms with Crippen molar-refractivity contribution in [3.63, 3.8) is 0 Å². The Kier molecular flexibility index (Phi) is 4.75. The van der Waals surface area contributed by atoms with E-state index in [2.05, 4.69) is 28.2 Å². The van der Waals surface area contributed by atoms with Crippen molar-refractivity contribution in [3.05, 3.63) is 83.7 Å². The molecule has 0 spiro atoms. The fourth-order valence-corrected chi connectivity index (χ4v) is 4.08. The van der Waals surface area contributed by atoms with Crippen molar-refractivity contribution in [1.82, 2.24) is 9.99 Å². The van der Waals surface area contributed by atoms with Crippen molar-refractivity contribution in [3.8, 4) is 17.2 Å². The van der Waals surface area contributed by atoms with Gasteiger partial charge in [0.1, 0.15) is 5.75 Å². The fourth-order valence-electron chi connectivity index (χ4n) is 4.08. The number of para-hydroxylation sites is 1. The van der Waals surface area contributed by atoms with E-state index in [-0.39, 0.29) is 12.3 Å². The van der Waals surface area contributed by atoms with Crippen LogP contribution in [0.4, 0.5) is 0 Å². The SMILES string of the molecule is CCOc1ccc(C2=NN3[C@H](C2)c2cccc(OC)c2O[C@H]3c2ccncc2)cc1. The van der Waals surface area contributed by atoms with Crippen LogP contribution in [0.5, 0.6) is 17.2 Å². The standard InChI is InChI=1S/C24H23N3O3/c1-3-29-18-9-7-16(8-10-18)20-15-21-19-5-4-6-22(28-2)23(19)30-24(27(21)26-20)17-11-13-25-14-12-17/h4-14,21,24H,3,15H2,1-2H3/t21-,24+/m1/s1. The molecule has 0 saturated heterocycles. The van der Waals surface area contributed by atoms with Crippen LogP contribution in [0.2, 0.25) is 0 Å². The van der Waals surface area contributed by atoms with Crippen molar-refractivity contribution < 1.29 is 14.2 Å². The number of nitrogens with zero attached hydrogens (tertiary/aromatic N) is 3. The van der Waals surface area contributed by atoms with E-state index >= 15 is 0 Å². The summed E-state index contributed by atoms with van der Waals surface area (Å²) in [6.07, 6.45) is 4.00. The van der Waals surface area contributed by atoms with E-state index in [1.165, 1.54) is 0 Å². The van der Waals surface area contributed by atoms with E-state index in [9.17, 15) is 0 Å². The molecular weight excluding hydrogens is 378 g/mol. The third kappa shape index (κ3) is 3.14. The largest absolute Gasteiger partial charge is 0.494 e. The average Bonchev–Trinajstić information content (AvgIpc) is 3.25. The number of pyridine rings is 1. The fraction of sp³-hybridized carbons (Fsp3) is 0.250. The topological polar surface area (TPSA) is 56.2 Å². The Labute approximate surface area is 175 Å². The number of fused-ring (bicyclic) bond motifs is 3. The quantitative estimate of drug-likeness (QED) is 0.619. The predicted molar refractivity (Wildman–Crippen MR) is 114 cm³/mol. The first-order valence-electron chi connectivity index (χ1n) is 10.1. The van der Waals surface area contributed by atoms with Crippen molar-refractivity contribution in [2.45, 2.75) is 25.6 Å². The van der Waals surface area contributed by atoms with Crippen LogP contribution in [0.25, 0.3) is 0 Å². The van der Waals surface area contributed by atoms with E-state index < -0.39 is 0 Å². The molecule has 6 nitrogen and oxygen atoms in total. The summed E-state index contributed by atoms with van der Waals surface area (Å²) in [5, 5.41) is 7.05. The average molecular weight is 401 g/mol. The molecule has 0 amide bonds. The highest BCUT2D eigenvalue weighted by molar-refractivity contribution is 6.02. The second-order valence-electron chi connectivity index (χ2n) is 7.23. The highest BCUT2D eigenvalue weighted by atomic mass is 16.5. The minimum absolute atomic E-state index is 0.0728. The molecule has 2 aliphatic heterocycles. The Morgan fingerprint density at radius 3 is 2.60 bits per heavy atom. The van der Waals surface area contributed by atoms with Crippen LogP contribution in [0.3, 0.4) is 0 Å². The first kappa shape index (κ1) is 18.5. The van der Waals surface area contributed by atoms with Crippen molar-refractivity contribution in [1.29, 1.82) is 0 Å². The highest BCUT2D eigenvalue weighted by Crippen LogP contribution is 2.50. The van der Waals surface area contributed by atoms with Crippen LogP contribution in [-0.4, -0.2) is 29.4 Å². The smallest absolute Gasteiger partial charge is 0.214 e. The lowest BCUT2D eigenvalue weighted by atomic mass is 9.95. The van der Waals surface area contributed by atoms with Gasteiger partial charge in [0.15, 0.2) is 11.5 Å². The molecule has 152 valence electrons. The molecule has 0 saturated carbocycles. The zero-order valence-electron chi connectivity index (χ0n) is 17.0. The van der Waals surface area contributed by atoms with Gasteiger partial charge in [-0.2, -0.15) is 5.10 Å². The van der Waals surface area contributed by atoms with Gasteiger partial charge in [0.05, 0.1) is 25.5 Å².